The zero-order valence-corrected chi connectivity index (χ0v) is 18.1. The molecule has 1 aromatic carbocycles. The quantitative estimate of drug-likeness (QED) is 0.294. The van der Waals surface area contributed by atoms with E-state index >= 15 is 0 Å². The Morgan fingerprint density at radius 2 is 2.00 bits per heavy atom. The number of nitrogens with one attached hydrogen (secondary N) is 2. The number of hydrogen-bond acceptors (Lipinski definition) is 8. The summed E-state index contributed by atoms with van der Waals surface area (Å²) in [6.07, 6.45) is 2.63. The Balaban J connectivity index is 2.45. The number of nitro benzene ring substituents is 1. The second kappa shape index (κ2) is 10.6. The Labute approximate surface area is 176 Å². The molecule has 2 rings (SSSR count). The van der Waals surface area contributed by atoms with E-state index in [1.54, 1.807) is 12.1 Å². The van der Waals surface area contributed by atoms with Gasteiger partial charge in [-0.2, -0.15) is 4.98 Å². The molecule has 2 aromatic rings. The summed E-state index contributed by atoms with van der Waals surface area (Å²) in [5, 5.41) is 27.0. The van der Waals surface area contributed by atoms with Crippen molar-refractivity contribution < 1.29 is 10.0 Å². The van der Waals surface area contributed by atoms with Gasteiger partial charge >= 0.3 is 0 Å². The number of nitrogens with zero attached hydrogens (tertiary/aromatic N) is 4. The van der Waals surface area contributed by atoms with Crippen LogP contribution in [0.5, 0.6) is 0 Å². The number of non-ortho nitro benzene ring substituents is 1. The van der Waals surface area contributed by atoms with Gasteiger partial charge in [-0.1, -0.05) is 33.8 Å². The van der Waals surface area contributed by atoms with E-state index in [0.29, 0.717) is 34.8 Å². The van der Waals surface area contributed by atoms with Crippen LogP contribution < -0.4 is 10.6 Å². The molecule has 1 unspecified atom stereocenters. The molecule has 0 radical (unpaired) electrons. The maximum Gasteiger partial charge on any atom is 0.271 e. The molecule has 1 heterocycles. The van der Waals surface area contributed by atoms with Crippen molar-refractivity contribution >= 4 is 35.0 Å². The topological polar surface area (TPSA) is 126 Å². The van der Waals surface area contributed by atoms with Crippen LogP contribution in [-0.4, -0.2) is 38.9 Å². The van der Waals surface area contributed by atoms with Gasteiger partial charge in [-0.25, -0.2) is 4.98 Å². The number of anilines is 3. The summed E-state index contributed by atoms with van der Waals surface area (Å²) in [6.45, 7) is 9.97. The van der Waals surface area contributed by atoms with Crippen molar-refractivity contribution in [3.05, 3.63) is 40.1 Å². The SMILES string of the molecule is Cc1nc(NC(CO)C(C)C)nc(Nc2cccc([N+](=O)[O-])c2)c1N=CCC(C)C. The normalized spacial score (nSPS) is 12.5. The smallest absolute Gasteiger partial charge is 0.271 e. The highest BCUT2D eigenvalue weighted by molar-refractivity contribution is 5.76. The molecular formula is C21H30N6O3. The van der Waals surface area contributed by atoms with Gasteiger partial charge in [0.05, 0.1) is 23.3 Å². The first-order valence-electron chi connectivity index (χ1n) is 10.0. The van der Waals surface area contributed by atoms with Crippen LogP contribution in [0.1, 0.15) is 39.8 Å². The van der Waals surface area contributed by atoms with E-state index in [0.717, 1.165) is 6.42 Å². The van der Waals surface area contributed by atoms with Crippen LogP contribution in [0, 0.1) is 28.9 Å². The standard InChI is InChI=1S/C21H30N6O3/c1-13(2)9-10-22-19-15(5)23-21(25-18(12-28)14(3)4)26-20(19)24-16-7-6-8-17(11-16)27(29)30/h6-8,10-11,13-14,18,28H,9,12H2,1-5H3,(H2,23,24,25,26). The van der Waals surface area contributed by atoms with Crippen LogP contribution in [0.2, 0.25) is 0 Å². The summed E-state index contributed by atoms with van der Waals surface area (Å²) in [7, 11) is 0. The number of benzene rings is 1. The summed E-state index contributed by atoms with van der Waals surface area (Å²) in [5.74, 6) is 1.43. The van der Waals surface area contributed by atoms with E-state index < -0.39 is 4.92 Å². The van der Waals surface area contributed by atoms with E-state index in [1.807, 2.05) is 27.0 Å². The highest BCUT2D eigenvalue weighted by Crippen LogP contribution is 2.31. The third-order valence-corrected chi connectivity index (χ3v) is 4.49. The molecule has 1 aromatic heterocycles. The maximum absolute atomic E-state index is 11.1. The molecule has 0 fully saturated rings. The van der Waals surface area contributed by atoms with Gasteiger partial charge in [-0.15, -0.1) is 0 Å². The molecule has 0 aliphatic carbocycles. The summed E-state index contributed by atoms with van der Waals surface area (Å²) in [5.41, 5.74) is 1.73. The average molecular weight is 415 g/mol. The molecule has 0 saturated carbocycles. The fraction of sp³-hybridized carbons (Fsp3) is 0.476. The molecule has 0 bridgehead atoms. The number of nitro groups is 1. The van der Waals surface area contributed by atoms with Crippen molar-refractivity contribution in [3.8, 4) is 0 Å². The lowest BCUT2D eigenvalue weighted by atomic mass is 10.1. The van der Waals surface area contributed by atoms with E-state index in [4.69, 9.17) is 0 Å². The molecule has 0 saturated heterocycles. The summed E-state index contributed by atoms with van der Waals surface area (Å²) < 4.78 is 0. The zero-order valence-electron chi connectivity index (χ0n) is 18.1. The van der Waals surface area contributed by atoms with Gasteiger partial charge in [-0.05, 0) is 31.2 Å². The molecule has 9 heteroatoms. The predicted octanol–water partition coefficient (Wildman–Crippen LogP) is 4.61. The van der Waals surface area contributed by atoms with E-state index in [1.165, 1.54) is 12.1 Å². The third-order valence-electron chi connectivity index (χ3n) is 4.49. The molecule has 0 aliphatic rings. The van der Waals surface area contributed by atoms with Crippen molar-refractivity contribution in [2.45, 2.75) is 47.1 Å². The van der Waals surface area contributed by atoms with Crippen LogP contribution in [0.4, 0.5) is 28.8 Å². The van der Waals surface area contributed by atoms with Crippen molar-refractivity contribution in [1.29, 1.82) is 0 Å². The highest BCUT2D eigenvalue weighted by Gasteiger charge is 2.17. The molecule has 0 spiro atoms. The Kier molecular flexibility index (Phi) is 8.23. The fourth-order valence-corrected chi connectivity index (χ4v) is 2.65. The van der Waals surface area contributed by atoms with Gasteiger partial charge in [0.25, 0.3) is 5.69 Å². The molecule has 1 atom stereocenters. The van der Waals surface area contributed by atoms with Crippen molar-refractivity contribution in [3.63, 3.8) is 0 Å². The monoisotopic (exact) mass is 414 g/mol. The lowest BCUT2D eigenvalue weighted by Gasteiger charge is -2.21. The minimum absolute atomic E-state index is 0.0193. The maximum atomic E-state index is 11.1. The van der Waals surface area contributed by atoms with Crippen LogP contribution in [-0.2, 0) is 0 Å². The van der Waals surface area contributed by atoms with Gasteiger partial charge in [0, 0.05) is 24.0 Å². The van der Waals surface area contributed by atoms with E-state index in [2.05, 4.69) is 39.4 Å². The summed E-state index contributed by atoms with van der Waals surface area (Å²) in [6, 6.07) is 6.00. The highest BCUT2D eigenvalue weighted by atomic mass is 16.6. The molecule has 0 aliphatic heterocycles. The van der Waals surface area contributed by atoms with Crippen LogP contribution >= 0.6 is 0 Å². The van der Waals surface area contributed by atoms with Crippen molar-refractivity contribution in [1.82, 2.24) is 9.97 Å². The number of hydrogen-bond donors (Lipinski definition) is 3. The van der Waals surface area contributed by atoms with Crippen molar-refractivity contribution in [2.75, 3.05) is 17.2 Å². The molecule has 162 valence electrons. The molecule has 0 amide bonds. The number of aliphatic hydroxyl groups is 1. The van der Waals surface area contributed by atoms with Crippen LogP contribution in [0.15, 0.2) is 29.3 Å². The van der Waals surface area contributed by atoms with Crippen LogP contribution in [0.3, 0.4) is 0 Å². The number of aliphatic hydroxyl groups excluding tert-OH is 1. The Hall–Kier alpha value is -3.07. The molecule has 3 N–H and O–H groups in total. The molecule has 9 nitrogen and oxygen atoms in total. The molecular weight excluding hydrogens is 384 g/mol. The number of rotatable bonds is 10. The minimum atomic E-state index is -0.445. The summed E-state index contributed by atoms with van der Waals surface area (Å²) >= 11 is 0. The number of aromatic nitrogens is 2. The van der Waals surface area contributed by atoms with Gasteiger partial charge < -0.3 is 15.7 Å². The van der Waals surface area contributed by atoms with Gasteiger partial charge in [0.2, 0.25) is 5.95 Å². The lowest BCUT2D eigenvalue weighted by molar-refractivity contribution is -0.384. The molecule has 30 heavy (non-hydrogen) atoms. The summed E-state index contributed by atoms with van der Waals surface area (Å²) in [4.78, 5) is 24.2. The Morgan fingerprint density at radius 3 is 2.60 bits per heavy atom. The van der Waals surface area contributed by atoms with E-state index in [-0.39, 0.29) is 24.3 Å². The average Bonchev–Trinajstić information content (AvgIpc) is 2.67. The predicted molar refractivity (Wildman–Crippen MR) is 120 cm³/mol. The van der Waals surface area contributed by atoms with Gasteiger partial charge in [0.1, 0.15) is 5.69 Å². The fourth-order valence-electron chi connectivity index (χ4n) is 2.65. The zero-order chi connectivity index (χ0) is 22.3. The van der Waals surface area contributed by atoms with E-state index in [9.17, 15) is 15.2 Å². The first-order chi connectivity index (χ1) is 14.2. The van der Waals surface area contributed by atoms with Gasteiger partial charge in [-0.3, -0.25) is 15.1 Å². The third kappa shape index (κ3) is 6.48. The Morgan fingerprint density at radius 1 is 1.27 bits per heavy atom. The van der Waals surface area contributed by atoms with Crippen molar-refractivity contribution in [2.24, 2.45) is 16.8 Å². The second-order valence-corrected chi connectivity index (χ2v) is 7.88. The number of aryl methyl sites for hydroxylation is 1. The number of aliphatic imine (C=N–C) groups is 1. The van der Waals surface area contributed by atoms with Crippen LogP contribution in [0.25, 0.3) is 0 Å². The second-order valence-electron chi connectivity index (χ2n) is 7.88. The van der Waals surface area contributed by atoms with Gasteiger partial charge in [0.15, 0.2) is 5.82 Å². The lowest BCUT2D eigenvalue weighted by Crippen LogP contribution is -2.30. The first kappa shape index (κ1) is 23.2. The minimum Gasteiger partial charge on any atom is -0.394 e. The largest absolute Gasteiger partial charge is 0.394 e. The first-order valence-corrected chi connectivity index (χ1v) is 10.0. The Bertz CT molecular complexity index is 898.